The Bertz CT molecular complexity index is 1000. The molecule has 1 fully saturated rings. The molecule has 3 atom stereocenters. The number of piperazine rings is 1. The highest BCUT2D eigenvalue weighted by Crippen LogP contribution is 2.28. The second kappa shape index (κ2) is 9.14. The third-order valence-electron chi connectivity index (χ3n) is 5.34. The van der Waals surface area contributed by atoms with Gasteiger partial charge in [0.1, 0.15) is 11.6 Å². The first kappa shape index (κ1) is 22.2. The molecule has 1 heterocycles. The number of anilines is 1. The monoisotopic (exact) mass is 452 g/mol. The summed E-state index contributed by atoms with van der Waals surface area (Å²) in [4.78, 5) is 27.4. The number of amides is 1. The Morgan fingerprint density at radius 1 is 1.17 bits per heavy atom. The molecule has 0 aliphatic carbocycles. The van der Waals surface area contributed by atoms with Gasteiger partial charge in [-0.25, -0.2) is 4.39 Å². The lowest BCUT2D eigenvalue weighted by Crippen LogP contribution is -2.59. The minimum absolute atomic E-state index is 0.00774. The first-order valence-corrected chi connectivity index (χ1v) is 11.1. The van der Waals surface area contributed by atoms with E-state index in [0.717, 1.165) is 11.8 Å². The zero-order valence-corrected chi connectivity index (χ0v) is 18.1. The molecule has 1 amide bonds. The first-order chi connectivity index (χ1) is 14.2. The van der Waals surface area contributed by atoms with Crippen molar-refractivity contribution in [3.63, 3.8) is 0 Å². The van der Waals surface area contributed by atoms with Gasteiger partial charge in [0, 0.05) is 41.4 Å². The Morgan fingerprint density at radius 2 is 1.90 bits per heavy atom. The minimum Gasteiger partial charge on any atom is -0.481 e. The number of hydrogen-bond donors (Lipinski definition) is 1. The summed E-state index contributed by atoms with van der Waals surface area (Å²) in [5.41, 5.74) is 1.11. The summed E-state index contributed by atoms with van der Waals surface area (Å²) in [5, 5.41) is 9.37. The lowest BCUT2D eigenvalue weighted by Gasteiger charge is -2.46. The lowest BCUT2D eigenvalue weighted by atomic mass is 10.0. The van der Waals surface area contributed by atoms with Crippen LogP contribution in [0.4, 0.5) is 10.1 Å². The van der Waals surface area contributed by atoms with E-state index in [9.17, 15) is 18.2 Å². The van der Waals surface area contributed by atoms with Crippen molar-refractivity contribution in [1.29, 1.82) is 0 Å². The smallest absolute Gasteiger partial charge is 0.316 e. The van der Waals surface area contributed by atoms with Crippen LogP contribution in [0.3, 0.4) is 0 Å². The highest BCUT2D eigenvalue weighted by molar-refractivity contribution is 7.85. The van der Waals surface area contributed by atoms with Gasteiger partial charge in [0.15, 0.2) is 0 Å². The highest BCUT2D eigenvalue weighted by atomic mass is 35.5. The standard InChI is InChI=1S/C21H22ClFN2O4S/c1-13-14(2)25(9-8-24(13)17-5-3-4-16(22)11-17)21(28)15-6-7-19(18(23)10-15)30(29)12-20(26)27/h3-7,10-11,13-14H,8-9,12H2,1-2H3,(H,26,27)/t13-,14+,30?/m1/s1. The van der Waals surface area contributed by atoms with Crippen LogP contribution in [-0.4, -0.2) is 57.0 Å². The van der Waals surface area contributed by atoms with Gasteiger partial charge in [0.05, 0.1) is 15.7 Å². The lowest BCUT2D eigenvalue weighted by molar-refractivity contribution is -0.133. The Kier molecular flexibility index (Phi) is 6.77. The number of halogens is 2. The second-order valence-electron chi connectivity index (χ2n) is 7.18. The summed E-state index contributed by atoms with van der Waals surface area (Å²) in [6.07, 6.45) is 0. The maximum Gasteiger partial charge on any atom is 0.316 e. The van der Waals surface area contributed by atoms with Crippen LogP contribution >= 0.6 is 11.6 Å². The zero-order valence-electron chi connectivity index (χ0n) is 16.5. The van der Waals surface area contributed by atoms with Crippen molar-refractivity contribution in [2.75, 3.05) is 23.7 Å². The first-order valence-electron chi connectivity index (χ1n) is 9.42. The predicted octanol–water partition coefficient (Wildman–Crippen LogP) is 3.41. The molecule has 0 spiro atoms. The van der Waals surface area contributed by atoms with E-state index in [-0.39, 0.29) is 28.4 Å². The molecule has 2 aromatic carbocycles. The fraction of sp³-hybridized carbons (Fsp3) is 0.333. The van der Waals surface area contributed by atoms with E-state index in [1.54, 1.807) is 11.0 Å². The van der Waals surface area contributed by atoms with Crippen molar-refractivity contribution in [1.82, 2.24) is 4.90 Å². The Morgan fingerprint density at radius 3 is 2.53 bits per heavy atom. The molecule has 1 aliphatic heterocycles. The van der Waals surface area contributed by atoms with Gasteiger partial charge in [-0.05, 0) is 50.2 Å². The number of nitrogens with zero attached hydrogens (tertiary/aromatic N) is 2. The zero-order chi connectivity index (χ0) is 22.0. The third-order valence-corrected chi connectivity index (χ3v) is 6.91. The molecule has 3 rings (SSSR count). The van der Waals surface area contributed by atoms with E-state index in [1.807, 2.05) is 32.0 Å². The van der Waals surface area contributed by atoms with Crippen molar-refractivity contribution >= 4 is 40.0 Å². The fourth-order valence-electron chi connectivity index (χ4n) is 3.62. The number of rotatable bonds is 5. The summed E-state index contributed by atoms with van der Waals surface area (Å²) in [6.45, 7) is 5.00. The van der Waals surface area contributed by atoms with Crippen LogP contribution in [0.5, 0.6) is 0 Å². The van der Waals surface area contributed by atoms with E-state index in [0.29, 0.717) is 18.1 Å². The molecule has 6 nitrogen and oxygen atoms in total. The molecule has 160 valence electrons. The number of carbonyl (C=O) groups excluding carboxylic acids is 1. The molecule has 0 bridgehead atoms. The second-order valence-corrected chi connectivity index (χ2v) is 9.04. The van der Waals surface area contributed by atoms with Crippen LogP contribution < -0.4 is 4.90 Å². The van der Waals surface area contributed by atoms with E-state index in [1.165, 1.54) is 12.1 Å². The van der Waals surface area contributed by atoms with Gasteiger partial charge < -0.3 is 14.9 Å². The molecule has 30 heavy (non-hydrogen) atoms. The molecule has 1 unspecified atom stereocenters. The summed E-state index contributed by atoms with van der Waals surface area (Å²) >= 11 is 6.10. The van der Waals surface area contributed by atoms with Crippen LogP contribution in [0.15, 0.2) is 47.4 Å². The van der Waals surface area contributed by atoms with Crippen molar-refractivity contribution in [2.45, 2.75) is 30.8 Å². The Labute approximate surface area is 181 Å². The van der Waals surface area contributed by atoms with Crippen LogP contribution in [0, 0.1) is 5.82 Å². The van der Waals surface area contributed by atoms with Crippen molar-refractivity contribution in [3.05, 3.63) is 58.9 Å². The van der Waals surface area contributed by atoms with Crippen LogP contribution in [0.1, 0.15) is 24.2 Å². The number of carbonyl (C=O) groups is 2. The van der Waals surface area contributed by atoms with Crippen LogP contribution in [-0.2, 0) is 15.6 Å². The number of aliphatic carboxylic acids is 1. The van der Waals surface area contributed by atoms with Gasteiger partial charge in [-0.3, -0.25) is 13.8 Å². The maximum atomic E-state index is 14.4. The molecule has 1 aliphatic rings. The normalized spacial score (nSPS) is 20.1. The highest BCUT2D eigenvalue weighted by Gasteiger charge is 2.34. The van der Waals surface area contributed by atoms with Gasteiger partial charge in [0.2, 0.25) is 0 Å². The number of hydrogen-bond acceptors (Lipinski definition) is 4. The largest absolute Gasteiger partial charge is 0.481 e. The Balaban J connectivity index is 1.77. The predicted molar refractivity (Wildman–Crippen MR) is 114 cm³/mol. The maximum absolute atomic E-state index is 14.4. The van der Waals surface area contributed by atoms with Crippen molar-refractivity contribution < 1.29 is 23.3 Å². The van der Waals surface area contributed by atoms with Gasteiger partial charge in [-0.2, -0.15) is 0 Å². The topological polar surface area (TPSA) is 77.9 Å². The van der Waals surface area contributed by atoms with Crippen LogP contribution in [0.25, 0.3) is 0 Å². The van der Waals surface area contributed by atoms with E-state index >= 15 is 0 Å². The molecule has 1 N–H and O–H groups in total. The summed E-state index contributed by atoms with van der Waals surface area (Å²) in [6, 6.07) is 11.0. The Hall–Kier alpha value is -2.45. The summed E-state index contributed by atoms with van der Waals surface area (Å²) in [5.74, 6) is -3.15. The van der Waals surface area contributed by atoms with Gasteiger partial charge in [0.25, 0.3) is 5.91 Å². The quantitative estimate of drug-likeness (QED) is 0.752. The van der Waals surface area contributed by atoms with E-state index in [4.69, 9.17) is 16.7 Å². The van der Waals surface area contributed by atoms with Crippen LogP contribution in [0.2, 0.25) is 5.02 Å². The van der Waals surface area contributed by atoms with Gasteiger partial charge in [-0.1, -0.05) is 17.7 Å². The molecular weight excluding hydrogens is 431 g/mol. The average molecular weight is 453 g/mol. The van der Waals surface area contributed by atoms with Crippen molar-refractivity contribution in [3.8, 4) is 0 Å². The molecule has 0 radical (unpaired) electrons. The summed E-state index contributed by atoms with van der Waals surface area (Å²) in [7, 11) is -2.01. The fourth-order valence-corrected chi connectivity index (χ4v) is 4.68. The third kappa shape index (κ3) is 4.65. The molecule has 0 saturated carbocycles. The number of carboxylic acids is 1. The van der Waals surface area contributed by atoms with Crippen molar-refractivity contribution in [2.24, 2.45) is 0 Å². The van der Waals surface area contributed by atoms with Gasteiger partial charge >= 0.3 is 5.97 Å². The molecule has 0 aromatic heterocycles. The number of benzene rings is 2. The molecule has 9 heteroatoms. The molecule has 1 saturated heterocycles. The van der Waals surface area contributed by atoms with E-state index in [2.05, 4.69) is 4.90 Å². The number of carboxylic acid groups (broad SMARTS) is 1. The minimum atomic E-state index is -2.01. The molecule has 2 aromatic rings. The molecular formula is C21H22ClFN2O4S. The van der Waals surface area contributed by atoms with Gasteiger partial charge in [-0.15, -0.1) is 0 Å². The summed E-state index contributed by atoms with van der Waals surface area (Å²) < 4.78 is 26.3. The SMILES string of the molecule is C[C@@H]1[C@H](C)N(C(=O)c2ccc(S(=O)CC(=O)O)c(F)c2)CCN1c1cccc(Cl)c1. The average Bonchev–Trinajstić information content (AvgIpc) is 2.68. The van der Waals surface area contributed by atoms with E-state index < -0.39 is 28.3 Å².